The van der Waals surface area contributed by atoms with Crippen LogP contribution in [0.4, 0.5) is 5.69 Å². The van der Waals surface area contributed by atoms with Gasteiger partial charge in [-0.3, -0.25) is 13.9 Å². The van der Waals surface area contributed by atoms with Crippen molar-refractivity contribution < 1.29 is 22.7 Å². The van der Waals surface area contributed by atoms with Crippen molar-refractivity contribution in [2.24, 2.45) is 0 Å². The van der Waals surface area contributed by atoms with E-state index in [1.54, 1.807) is 56.3 Å². The Labute approximate surface area is 241 Å². The largest absolute Gasteiger partial charge is 0.457 e. The van der Waals surface area contributed by atoms with E-state index in [9.17, 15) is 18.0 Å². The van der Waals surface area contributed by atoms with Gasteiger partial charge in [0.15, 0.2) is 0 Å². The number of anilines is 1. The van der Waals surface area contributed by atoms with Gasteiger partial charge in [0.2, 0.25) is 11.8 Å². The number of nitrogens with one attached hydrogen (secondary N) is 1. The fourth-order valence-corrected chi connectivity index (χ4v) is 5.67. The lowest BCUT2D eigenvalue weighted by molar-refractivity contribution is -0.139. The van der Waals surface area contributed by atoms with Gasteiger partial charge >= 0.3 is 0 Å². The van der Waals surface area contributed by atoms with Crippen LogP contribution in [0.5, 0.6) is 11.5 Å². The second-order valence-corrected chi connectivity index (χ2v) is 11.2. The zero-order valence-corrected chi connectivity index (χ0v) is 23.8. The van der Waals surface area contributed by atoms with Gasteiger partial charge in [-0.25, -0.2) is 8.42 Å². The average Bonchev–Trinajstić information content (AvgIpc) is 3.00. The number of amides is 2. The van der Waals surface area contributed by atoms with Crippen molar-refractivity contribution in [2.45, 2.75) is 31.3 Å². The number of carbonyl (C=O) groups excluding carboxylic acids is 2. The highest BCUT2D eigenvalue weighted by Crippen LogP contribution is 2.28. The van der Waals surface area contributed by atoms with E-state index < -0.39 is 28.5 Å². The molecular weight excluding hydrogens is 538 g/mol. The lowest BCUT2D eigenvalue weighted by Gasteiger charge is -2.32. The number of benzene rings is 4. The number of nitrogens with zero attached hydrogens (tertiary/aromatic N) is 2. The van der Waals surface area contributed by atoms with E-state index in [0.717, 1.165) is 9.87 Å². The summed E-state index contributed by atoms with van der Waals surface area (Å²) >= 11 is 0. The highest BCUT2D eigenvalue weighted by atomic mass is 32.2. The minimum Gasteiger partial charge on any atom is -0.457 e. The van der Waals surface area contributed by atoms with E-state index in [0.29, 0.717) is 18.0 Å². The summed E-state index contributed by atoms with van der Waals surface area (Å²) in [4.78, 5) is 28.1. The van der Waals surface area contributed by atoms with Crippen molar-refractivity contribution >= 4 is 27.5 Å². The number of likely N-dealkylation sites (N-methyl/N-ethyl adjacent to an activating group) is 1. The summed E-state index contributed by atoms with van der Waals surface area (Å²) in [5, 5.41) is 2.76. The van der Waals surface area contributed by atoms with Gasteiger partial charge in [-0.2, -0.15) is 0 Å². The molecule has 0 bridgehead atoms. The molecule has 4 aromatic rings. The molecule has 0 saturated heterocycles. The van der Waals surface area contributed by atoms with Crippen LogP contribution < -0.4 is 14.4 Å². The third kappa shape index (κ3) is 7.52. The van der Waals surface area contributed by atoms with E-state index in [1.807, 2.05) is 60.7 Å². The highest BCUT2D eigenvalue weighted by molar-refractivity contribution is 7.92. The molecule has 1 atom stereocenters. The van der Waals surface area contributed by atoms with Crippen LogP contribution >= 0.6 is 0 Å². The third-order valence-electron chi connectivity index (χ3n) is 6.43. The molecule has 0 heterocycles. The Morgan fingerprint density at radius 2 is 1.32 bits per heavy atom. The predicted molar refractivity (Wildman–Crippen MR) is 159 cm³/mol. The van der Waals surface area contributed by atoms with Gasteiger partial charge in [0.05, 0.1) is 10.6 Å². The SMILES string of the molecule is CCNC(=O)[C@H](C)N(Cc1ccccc1)C(=O)CN(c1ccc(Oc2ccccc2)cc1)S(=O)(=O)c1ccccc1. The van der Waals surface area contributed by atoms with Crippen molar-refractivity contribution in [2.75, 3.05) is 17.4 Å². The van der Waals surface area contributed by atoms with E-state index in [1.165, 1.54) is 17.0 Å². The van der Waals surface area contributed by atoms with Gasteiger partial charge < -0.3 is 15.0 Å². The summed E-state index contributed by atoms with van der Waals surface area (Å²) in [5.41, 5.74) is 1.10. The number of rotatable bonds is 12. The molecule has 0 spiro atoms. The van der Waals surface area contributed by atoms with Crippen molar-refractivity contribution in [1.29, 1.82) is 0 Å². The smallest absolute Gasteiger partial charge is 0.264 e. The van der Waals surface area contributed by atoms with Crippen molar-refractivity contribution in [3.05, 3.63) is 121 Å². The minimum atomic E-state index is -4.14. The molecule has 0 aliphatic carbocycles. The minimum absolute atomic E-state index is 0.0452. The van der Waals surface area contributed by atoms with E-state index in [2.05, 4.69) is 5.32 Å². The Hall–Kier alpha value is -4.63. The predicted octanol–water partition coefficient (Wildman–Crippen LogP) is 5.23. The first-order chi connectivity index (χ1) is 19.8. The van der Waals surface area contributed by atoms with E-state index >= 15 is 0 Å². The summed E-state index contributed by atoms with van der Waals surface area (Å²) in [6.07, 6.45) is 0. The molecule has 0 radical (unpaired) electrons. The topological polar surface area (TPSA) is 96.0 Å². The zero-order valence-electron chi connectivity index (χ0n) is 23.0. The summed E-state index contributed by atoms with van der Waals surface area (Å²) in [6, 6.07) is 32.1. The van der Waals surface area contributed by atoms with E-state index in [4.69, 9.17) is 4.74 Å². The van der Waals surface area contributed by atoms with Crippen LogP contribution in [0.1, 0.15) is 19.4 Å². The van der Waals surface area contributed by atoms with E-state index in [-0.39, 0.29) is 23.0 Å². The monoisotopic (exact) mass is 571 g/mol. The lowest BCUT2D eigenvalue weighted by Crippen LogP contribution is -2.51. The quantitative estimate of drug-likeness (QED) is 0.251. The Morgan fingerprint density at radius 1 is 0.780 bits per heavy atom. The molecular formula is C32H33N3O5S. The maximum Gasteiger partial charge on any atom is 0.264 e. The van der Waals surface area contributed by atoms with Gasteiger partial charge in [-0.15, -0.1) is 0 Å². The summed E-state index contributed by atoms with van der Waals surface area (Å²) in [7, 11) is -4.14. The normalized spacial score (nSPS) is 11.8. The standard InChI is InChI=1S/C32H33N3O5S/c1-3-33-32(37)25(2)34(23-26-13-7-4-8-14-26)31(36)24-35(41(38,39)30-17-11-6-12-18-30)27-19-21-29(22-20-27)40-28-15-9-5-10-16-28/h4-22,25H,3,23-24H2,1-2H3,(H,33,37)/t25-/m0/s1. The van der Waals surface area contributed by atoms with Gasteiger partial charge in [0, 0.05) is 13.1 Å². The number of carbonyl (C=O) groups is 2. The second-order valence-electron chi connectivity index (χ2n) is 9.31. The fourth-order valence-electron chi connectivity index (χ4n) is 4.24. The molecule has 0 saturated carbocycles. The van der Waals surface area contributed by atoms with Crippen LogP contribution in [0.3, 0.4) is 0 Å². The highest BCUT2D eigenvalue weighted by Gasteiger charge is 2.32. The first-order valence-corrected chi connectivity index (χ1v) is 14.8. The summed E-state index contributed by atoms with van der Waals surface area (Å²) in [5.74, 6) is 0.312. The number of hydrogen-bond acceptors (Lipinski definition) is 5. The molecule has 1 N–H and O–H groups in total. The molecule has 8 nitrogen and oxygen atoms in total. The Balaban J connectivity index is 1.68. The molecule has 4 rings (SSSR count). The van der Waals surface area contributed by atoms with Crippen LogP contribution in [0, 0.1) is 0 Å². The van der Waals surface area contributed by atoms with Crippen LogP contribution in [-0.2, 0) is 26.2 Å². The molecule has 0 aromatic heterocycles. The van der Waals surface area contributed by atoms with Gasteiger partial charge in [-0.05, 0) is 67.9 Å². The lowest BCUT2D eigenvalue weighted by atomic mass is 10.1. The molecule has 212 valence electrons. The Bertz CT molecular complexity index is 1530. The number of ether oxygens (including phenoxy) is 1. The third-order valence-corrected chi connectivity index (χ3v) is 8.22. The number of hydrogen-bond donors (Lipinski definition) is 1. The molecule has 9 heteroatoms. The molecule has 0 unspecified atom stereocenters. The second kappa shape index (κ2) is 13.6. The molecule has 0 aliphatic rings. The fraction of sp³-hybridized carbons (Fsp3) is 0.188. The van der Waals surface area contributed by atoms with Gasteiger partial charge in [-0.1, -0.05) is 66.7 Å². The summed E-state index contributed by atoms with van der Waals surface area (Å²) in [6.45, 7) is 3.47. The van der Waals surface area contributed by atoms with Gasteiger partial charge in [0.25, 0.3) is 10.0 Å². The maximum atomic E-state index is 13.9. The molecule has 2 amide bonds. The van der Waals surface area contributed by atoms with Crippen LogP contribution in [0.25, 0.3) is 0 Å². The molecule has 41 heavy (non-hydrogen) atoms. The molecule has 0 aliphatic heterocycles. The number of para-hydroxylation sites is 1. The molecule has 0 fully saturated rings. The van der Waals surface area contributed by atoms with Crippen molar-refractivity contribution in [1.82, 2.24) is 10.2 Å². The average molecular weight is 572 g/mol. The molecule has 4 aromatic carbocycles. The first-order valence-electron chi connectivity index (χ1n) is 13.3. The first kappa shape index (κ1) is 29.4. The summed E-state index contributed by atoms with van der Waals surface area (Å²) < 4.78 is 34.7. The van der Waals surface area contributed by atoms with Crippen molar-refractivity contribution in [3.8, 4) is 11.5 Å². The number of sulfonamides is 1. The van der Waals surface area contributed by atoms with Crippen molar-refractivity contribution in [3.63, 3.8) is 0 Å². The van der Waals surface area contributed by atoms with Crippen LogP contribution in [0.2, 0.25) is 0 Å². The van der Waals surface area contributed by atoms with Crippen LogP contribution in [-0.4, -0.2) is 44.3 Å². The van der Waals surface area contributed by atoms with Gasteiger partial charge in [0.1, 0.15) is 24.1 Å². The maximum absolute atomic E-state index is 13.9. The van der Waals surface area contributed by atoms with Crippen LogP contribution in [0.15, 0.2) is 120 Å². The Morgan fingerprint density at radius 3 is 1.90 bits per heavy atom. The zero-order chi connectivity index (χ0) is 29.2. The Kier molecular flexibility index (Phi) is 9.76.